The summed E-state index contributed by atoms with van der Waals surface area (Å²) in [4.78, 5) is 13.1. The number of esters is 1. The Bertz CT molecular complexity index is 997. The van der Waals surface area contributed by atoms with Crippen molar-refractivity contribution in [2.75, 3.05) is 20.3 Å². The highest BCUT2D eigenvalue weighted by Crippen LogP contribution is 2.44. The van der Waals surface area contributed by atoms with Crippen molar-refractivity contribution < 1.29 is 27.8 Å². The van der Waals surface area contributed by atoms with Crippen LogP contribution in [0.3, 0.4) is 0 Å². The number of aromatic nitrogens is 4. The molecular formula is C16H12F2N4O4S. The summed E-state index contributed by atoms with van der Waals surface area (Å²) in [6, 6.07) is 1.81. The summed E-state index contributed by atoms with van der Waals surface area (Å²) in [5.41, 5.74) is -0.509. The number of tetrazole rings is 1. The van der Waals surface area contributed by atoms with E-state index in [2.05, 4.69) is 20.1 Å². The Balaban J connectivity index is 1.60. The van der Waals surface area contributed by atoms with Crippen LogP contribution in [0.15, 0.2) is 17.5 Å². The standard InChI is InChI=1S/C16H12F2N4O4S/c1-24-16(23)8-4-10(17)9(11(18)5-8)6-22-20-15(19-21-22)14-13-12(7-27-14)25-2-3-26-13/h4-5,7H,2-3,6H2,1H3. The Hall–Kier alpha value is -3.08. The second-order valence-electron chi connectivity index (χ2n) is 5.51. The number of rotatable bonds is 4. The van der Waals surface area contributed by atoms with E-state index < -0.39 is 17.6 Å². The van der Waals surface area contributed by atoms with Crippen molar-refractivity contribution in [1.29, 1.82) is 0 Å². The SMILES string of the molecule is COC(=O)c1cc(F)c(Cn2nnc(-c3scc4c3OCCO4)n2)c(F)c1. The van der Waals surface area contributed by atoms with Crippen LogP contribution in [0.5, 0.6) is 11.5 Å². The first kappa shape index (κ1) is 17.3. The predicted octanol–water partition coefficient (Wildman–Crippen LogP) is 2.29. The second-order valence-corrected chi connectivity index (χ2v) is 6.39. The first-order chi connectivity index (χ1) is 13.1. The van der Waals surface area contributed by atoms with E-state index in [0.717, 1.165) is 24.0 Å². The molecule has 27 heavy (non-hydrogen) atoms. The van der Waals surface area contributed by atoms with Crippen LogP contribution < -0.4 is 9.47 Å². The molecule has 1 aliphatic rings. The van der Waals surface area contributed by atoms with E-state index in [1.165, 1.54) is 11.3 Å². The first-order valence-electron chi connectivity index (χ1n) is 7.78. The molecule has 0 radical (unpaired) electrons. The van der Waals surface area contributed by atoms with Gasteiger partial charge in [0.2, 0.25) is 5.82 Å². The van der Waals surface area contributed by atoms with Crippen LogP contribution in [0.1, 0.15) is 15.9 Å². The molecule has 140 valence electrons. The minimum atomic E-state index is -0.903. The molecule has 0 spiro atoms. The Morgan fingerprint density at radius 1 is 1.30 bits per heavy atom. The molecule has 0 atom stereocenters. The topological polar surface area (TPSA) is 88.4 Å². The van der Waals surface area contributed by atoms with Gasteiger partial charge in [-0.3, -0.25) is 0 Å². The lowest BCUT2D eigenvalue weighted by atomic mass is 10.1. The monoisotopic (exact) mass is 394 g/mol. The van der Waals surface area contributed by atoms with Gasteiger partial charge in [0.25, 0.3) is 0 Å². The third-order valence-corrected chi connectivity index (χ3v) is 4.75. The average molecular weight is 394 g/mol. The number of halogens is 2. The molecule has 0 unspecified atom stereocenters. The largest absolute Gasteiger partial charge is 0.485 e. The summed E-state index contributed by atoms with van der Waals surface area (Å²) in [5.74, 6) is -1.23. The molecule has 0 amide bonds. The molecule has 0 aliphatic carbocycles. The Kier molecular flexibility index (Phi) is 4.44. The smallest absolute Gasteiger partial charge is 0.338 e. The maximum Gasteiger partial charge on any atom is 0.338 e. The number of hydrogen-bond acceptors (Lipinski definition) is 8. The van der Waals surface area contributed by atoms with E-state index in [-0.39, 0.29) is 23.5 Å². The highest BCUT2D eigenvalue weighted by molar-refractivity contribution is 7.14. The molecule has 1 aliphatic heterocycles. The number of thiophene rings is 1. The zero-order valence-electron chi connectivity index (χ0n) is 13.9. The minimum absolute atomic E-state index is 0.217. The molecule has 0 fully saturated rings. The van der Waals surface area contributed by atoms with Gasteiger partial charge in [-0.1, -0.05) is 0 Å². The van der Waals surface area contributed by atoms with Gasteiger partial charge in [0.15, 0.2) is 11.5 Å². The van der Waals surface area contributed by atoms with Gasteiger partial charge >= 0.3 is 5.97 Å². The Labute approximate surface area is 155 Å². The van der Waals surface area contributed by atoms with E-state index in [1.54, 1.807) is 5.38 Å². The number of carbonyl (C=O) groups excluding carboxylic acids is 1. The van der Waals surface area contributed by atoms with Crippen molar-refractivity contribution in [2.24, 2.45) is 0 Å². The van der Waals surface area contributed by atoms with Crippen LogP contribution in [0.25, 0.3) is 10.7 Å². The van der Waals surface area contributed by atoms with Crippen molar-refractivity contribution in [1.82, 2.24) is 20.2 Å². The van der Waals surface area contributed by atoms with Gasteiger partial charge in [0.1, 0.15) is 29.7 Å². The van der Waals surface area contributed by atoms with Crippen LogP contribution in [-0.4, -0.2) is 46.5 Å². The van der Waals surface area contributed by atoms with Crippen LogP contribution >= 0.6 is 11.3 Å². The highest BCUT2D eigenvalue weighted by atomic mass is 32.1. The van der Waals surface area contributed by atoms with Gasteiger partial charge < -0.3 is 14.2 Å². The number of ether oxygens (including phenoxy) is 3. The molecule has 0 bridgehead atoms. The summed E-state index contributed by atoms with van der Waals surface area (Å²) in [6.07, 6.45) is 0. The van der Waals surface area contributed by atoms with Gasteiger partial charge in [-0.05, 0) is 17.3 Å². The quantitative estimate of drug-likeness (QED) is 0.627. The van der Waals surface area contributed by atoms with E-state index in [9.17, 15) is 13.6 Å². The van der Waals surface area contributed by atoms with Gasteiger partial charge in [-0.25, -0.2) is 13.6 Å². The van der Waals surface area contributed by atoms with Crippen LogP contribution in [0.2, 0.25) is 0 Å². The van der Waals surface area contributed by atoms with Crippen LogP contribution in [0.4, 0.5) is 8.78 Å². The van der Waals surface area contributed by atoms with Crippen molar-refractivity contribution in [3.63, 3.8) is 0 Å². The van der Waals surface area contributed by atoms with Gasteiger partial charge in [-0.2, -0.15) is 4.80 Å². The summed E-state index contributed by atoms with van der Waals surface area (Å²) >= 11 is 1.32. The number of hydrogen-bond donors (Lipinski definition) is 0. The van der Waals surface area contributed by atoms with Gasteiger partial charge in [0, 0.05) is 10.9 Å². The highest BCUT2D eigenvalue weighted by Gasteiger charge is 2.23. The Morgan fingerprint density at radius 2 is 2.04 bits per heavy atom. The molecule has 8 nitrogen and oxygen atoms in total. The van der Waals surface area contributed by atoms with E-state index in [4.69, 9.17) is 9.47 Å². The molecule has 0 saturated carbocycles. The summed E-state index contributed by atoms with van der Waals surface area (Å²) in [5, 5.41) is 13.7. The number of fused-ring (bicyclic) bond motifs is 1. The van der Waals surface area contributed by atoms with Gasteiger partial charge in [-0.15, -0.1) is 21.5 Å². The molecule has 0 saturated heterocycles. The van der Waals surface area contributed by atoms with E-state index >= 15 is 0 Å². The summed E-state index contributed by atoms with van der Waals surface area (Å²) in [6.45, 7) is 0.578. The predicted molar refractivity (Wildman–Crippen MR) is 88.9 cm³/mol. The summed E-state index contributed by atoms with van der Waals surface area (Å²) < 4.78 is 43.9. The second kappa shape index (κ2) is 6.91. The number of carbonyl (C=O) groups is 1. The maximum atomic E-state index is 14.2. The minimum Gasteiger partial charge on any atom is -0.485 e. The molecule has 3 heterocycles. The zero-order chi connectivity index (χ0) is 19.0. The van der Waals surface area contributed by atoms with Crippen molar-refractivity contribution in [2.45, 2.75) is 6.54 Å². The lowest BCUT2D eigenvalue weighted by Gasteiger charge is -2.15. The average Bonchev–Trinajstić information content (AvgIpc) is 3.30. The third-order valence-electron chi connectivity index (χ3n) is 3.82. The molecule has 2 aromatic heterocycles. The zero-order valence-corrected chi connectivity index (χ0v) is 14.8. The molecule has 0 N–H and O–H groups in total. The summed E-state index contributed by atoms with van der Waals surface area (Å²) in [7, 11) is 1.13. The van der Waals surface area contributed by atoms with Crippen LogP contribution in [-0.2, 0) is 11.3 Å². The number of methoxy groups -OCH3 is 1. The molecule has 3 aromatic rings. The number of nitrogens with zero attached hydrogens (tertiary/aromatic N) is 4. The first-order valence-corrected chi connectivity index (χ1v) is 8.66. The van der Waals surface area contributed by atoms with Crippen molar-refractivity contribution in [3.8, 4) is 22.2 Å². The molecule has 1 aromatic carbocycles. The Morgan fingerprint density at radius 3 is 2.78 bits per heavy atom. The molecule has 4 rings (SSSR count). The fraction of sp³-hybridized carbons (Fsp3) is 0.250. The number of benzene rings is 1. The lowest BCUT2D eigenvalue weighted by Crippen LogP contribution is -2.14. The van der Waals surface area contributed by atoms with Gasteiger partial charge in [0.05, 0.1) is 19.2 Å². The molecular weight excluding hydrogens is 382 g/mol. The maximum absolute atomic E-state index is 14.2. The van der Waals surface area contributed by atoms with E-state index in [0.29, 0.717) is 29.6 Å². The molecule has 11 heteroatoms. The third kappa shape index (κ3) is 3.21. The fourth-order valence-electron chi connectivity index (χ4n) is 2.55. The van der Waals surface area contributed by atoms with E-state index in [1.807, 2.05) is 0 Å². The van der Waals surface area contributed by atoms with Crippen LogP contribution in [0, 0.1) is 11.6 Å². The van der Waals surface area contributed by atoms with Crippen molar-refractivity contribution >= 4 is 17.3 Å². The lowest BCUT2D eigenvalue weighted by molar-refractivity contribution is 0.0599. The normalized spacial score (nSPS) is 12.9. The fourth-order valence-corrected chi connectivity index (χ4v) is 3.40. The van der Waals surface area contributed by atoms with Crippen molar-refractivity contribution in [3.05, 3.63) is 40.3 Å².